The van der Waals surface area contributed by atoms with E-state index in [9.17, 15) is 0 Å². The standard InChI is InChI=1S/C8H13N5/c1-3-4(9)6(11)7(12)8(13-2)5(3)10/h2,9-12H2,1H3. The zero-order valence-electron chi connectivity index (χ0n) is 7.46. The maximum absolute atomic E-state index is 5.71. The van der Waals surface area contributed by atoms with Gasteiger partial charge < -0.3 is 22.9 Å². The van der Waals surface area contributed by atoms with Crippen LogP contribution in [-0.2, 0) is 0 Å². The molecule has 0 aliphatic rings. The molecule has 0 radical (unpaired) electrons. The van der Waals surface area contributed by atoms with E-state index in [0.29, 0.717) is 28.3 Å². The molecule has 1 aromatic rings. The zero-order valence-corrected chi connectivity index (χ0v) is 7.46. The fraction of sp³-hybridized carbons (Fsp3) is 0.125. The molecule has 70 valence electrons. The van der Waals surface area contributed by atoms with E-state index in [4.69, 9.17) is 22.9 Å². The monoisotopic (exact) mass is 179 g/mol. The molecule has 8 N–H and O–H groups in total. The third-order valence-corrected chi connectivity index (χ3v) is 2.06. The zero-order chi connectivity index (χ0) is 10.2. The molecule has 0 atom stereocenters. The van der Waals surface area contributed by atoms with Crippen LogP contribution in [0.5, 0.6) is 0 Å². The van der Waals surface area contributed by atoms with Crippen molar-refractivity contribution in [1.82, 2.24) is 0 Å². The van der Waals surface area contributed by atoms with E-state index >= 15 is 0 Å². The fourth-order valence-electron chi connectivity index (χ4n) is 1.11. The van der Waals surface area contributed by atoms with Gasteiger partial charge in [-0.15, -0.1) is 0 Å². The molecule has 0 aliphatic carbocycles. The van der Waals surface area contributed by atoms with Gasteiger partial charge in [0.1, 0.15) is 5.69 Å². The summed E-state index contributed by atoms with van der Waals surface area (Å²) in [5, 5.41) is 0. The average molecular weight is 179 g/mol. The summed E-state index contributed by atoms with van der Waals surface area (Å²) in [6.07, 6.45) is 0. The van der Waals surface area contributed by atoms with Gasteiger partial charge in [0, 0.05) is 0 Å². The van der Waals surface area contributed by atoms with Crippen molar-refractivity contribution in [2.45, 2.75) is 6.92 Å². The summed E-state index contributed by atoms with van der Waals surface area (Å²) in [6, 6.07) is 0. The number of hydrogen-bond acceptors (Lipinski definition) is 5. The number of aliphatic imine (C=N–C) groups is 1. The third-order valence-electron chi connectivity index (χ3n) is 2.06. The molecule has 0 spiro atoms. The van der Waals surface area contributed by atoms with Crippen LogP contribution in [0.2, 0.25) is 0 Å². The number of rotatable bonds is 1. The molecular weight excluding hydrogens is 166 g/mol. The lowest BCUT2D eigenvalue weighted by Crippen LogP contribution is -2.05. The molecule has 0 aromatic heterocycles. The lowest BCUT2D eigenvalue weighted by molar-refractivity contribution is 1.44. The third kappa shape index (κ3) is 1.14. The Morgan fingerprint density at radius 2 is 1.46 bits per heavy atom. The Hall–Kier alpha value is -1.91. The van der Waals surface area contributed by atoms with E-state index < -0.39 is 0 Å². The van der Waals surface area contributed by atoms with Crippen molar-refractivity contribution in [1.29, 1.82) is 0 Å². The summed E-state index contributed by atoms with van der Waals surface area (Å²) in [6.45, 7) is 5.12. The van der Waals surface area contributed by atoms with E-state index in [-0.39, 0.29) is 5.69 Å². The molecule has 1 rings (SSSR count). The predicted molar refractivity (Wildman–Crippen MR) is 58.0 cm³/mol. The van der Waals surface area contributed by atoms with Gasteiger partial charge in [0.15, 0.2) is 0 Å². The molecule has 0 aliphatic heterocycles. The highest BCUT2D eigenvalue weighted by Crippen LogP contribution is 2.41. The van der Waals surface area contributed by atoms with Crippen LogP contribution in [0.1, 0.15) is 5.56 Å². The molecule has 0 bridgehead atoms. The van der Waals surface area contributed by atoms with Crippen LogP contribution in [0.4, 0.5) is 28.4 Å². The first-order valence-corrected chi connectivity index (χ1v) is 3.69. The molecular formula is C8H13N5. The quantitative estimate of drug-likeness (QED) is 0.374. The summed E-state index contributed by atoms with van der Waals surface area (Å²) >= 11 is 0. The second-order valence-electron chi connectivity index (χ2n) is 2.79. The van der Waals surface area contributed by atoms with Gasteiger partial charge in [-0.25, -0.2) is 0 Å². The van der Waals surface area contributed by atoms with Crippen molar-refractivity contribution in [2.75, 3.05) is 22.9 Å². The van der Waals surface area contributed by atoms with Gasteiger partial charge in [-0.05, 0) is 19.2 Å². The molecule has 0 amide bonds. The first-order chi connectivity index (χ1) is 6.00. The van der Waals surface area contributed by atoms with Gasteiger partial charge in [0.05, 0.1) is 22.7 Å². The van der Waals surface area contributed by atoms with Crippen LogP contribution in [0.15, 0.2) is 4.99 Å². The summed E-state index contributed by atoms with van der Waals surface area (Å²) in [5.74, 6) is 0. The minimum absolute atomic E-state index is 0.288. The van der Waals surface area contributed by atoms with Crippen molar-refractivity contribution < 1.29 is 0 Å². The number of nitrogen functional groups attached to an aromatic ring is 4. The molecule has 0 unspecified atom stereocenters. The number of benzene rings is 1. The first kappa shape index (κ1) is 9.18. The molecule has 5 nitrogen and oxygen atoms in total. The number of anilines is 4. The van der Waals surface area contributed by atoms with Gasteiger partial charge >= 0.3 is 0 Å². The molecule has 0 fully saturated rings. The van der Waals surface area contributed by atoms with E-state index in [1.165, 1.54) is 0 Å². The molecule has 13 heavy (non-hydrogen) atoms. The van der Waals surface area contributed by atoms with Crippen LogP contribution in [0, 0.1) is 6.92 Å². The number of nitrogens with two attached hydrogens (primary N) is 4. The Morgan fingerprint density at radius 1 is 0.923 bits per heavy atom. The number of nitrogens with zero attached hydrogens (tertiary/aromatic N) is 1. The van der Waals surface area contributed by atoms with E-state index in [1.807, 2.05) is 0 Å². The highest BCUT2D eigenvalue weighted by atomic mass is 14.8. The molecule has 1 aromatic carbocycles. The van der Waals surface area contributed by atoms with Crippen molar-refractivity contribution in [2.24, 2.45) is 4.99 Å². The normalized spacial score (nSPS) is 9.92. The smallest absolute Gasteiger partial charge is 0.111 e. The van der Waals surface area contributed by atoms with Gasteiger partial charge in [-0.2, -0.15) is 0 Å². The van der Waals surface area contributed by atoms with Crippen LogP contribution in [-0.4, -0.2) is 6.72 Å². The Kier molecular flexibility index (Phi) is 2.02. The lowest BCUT2D eigenvalue weighted by Gasteiger charge is -2.13. The van der Waals surface area contributed by atoms with Gasteiger partial charge in [-0.1, -0.05) is 0 Å². The van der Waals surface area contributed by atoms with E-state index in [1.54, 1.807) is 6.92 Å². The Labute approximate surface area is 76.4 Å². The minimum atomic E-state index is 0.288. The summed E-state index contributed by atoms with van der Waals surface area (Å²) in [5.41, 5.74) is 25.2. The topological polar surface area (TPSA) is 116 Å². The predicted octanol–water partition coefficient (Wildman–Crippen LogP) is 0.656. The summed E-state index contributed by atoms with van der Waals surface area (Å²) < 4.78 is 0. The maximum atomic E-state index is 5.71. The fourth-order valence-corrected chi connectivity index (χ4v) is 1.11. The van der Waals surface area contributed by atoms with Crippen molar-refractivity contribution in [3.8, 4) is 0 Å². The molecule has 0 saturated carbocycles. The van der Waals surface area contributed by atoms with E-state index in [0.717, 1.165) is 0 Å². The first-order valence-electron chi connectivity index (χ1n) is 3.69. The lowest BCUT2D eigenvalue weighted by atomic mass is 10.1. The number of hydrogen-bond donors (Lipinski definition) is 4. The van der Waals surface area contributed by atoms with Crippen LogP contribution >= 0.6 is 0 Å². The Balaban J connectivity index is 3.66. The SMILES string of the molecule is C=Nc1c(N)c(C)c(N)c(N)c1N. The molecule has 5 heteroatoms. The highest BCUT2D eigenvalue weighted by Gasteiger charge is 2.13. The minimum Gasteiger partial charge on any atom is -0.397 e. The van der Waals surface area contributed by atoms with Gasteiger partial charge in [-0.3, -0.25) is 4.99 Å². The van der Waals surface area contributed by atoms with Gasteiger partial charge in [0.25, 0.3) is 0 Å². The summed E-state index contributed by atoms with van der Waals surface area (Å²) in [7, 11) is 0. The van der Waals surface area contributed by atoms with Crippen LogP contribution < -0.4 is 22.9 Å². The van der Waals surface area contributed by atoms with Crippen molar-refractivity contribution in [3.63, 3.8) is 0 Å². The Morgan fingerprint density at radius 3 is 1.92 bits per heavy atom. The Bertz CT molecular complexity index is 340. The highest BCUT2D eigenvalue weighted by molar-refractivity contribution is 5.96. The van der Waals surface area contributed by atoms with Crippen molar-refractivity contribution >= 4 is 35.2 Å². The van der Waals surface area contributed by atoms with Crippen LogP contribution in [0.3, 0.4) is 0 Å². The second-order valence-corrected chi connectivity index (χ2v) is 2.79. The summed E-state index contributed by atoms with van der Waals surface area (Å²) in [4.78, 5) is 3.70. The molecule has 0 heterocycles. The van der Waals surface area contributed by atoms with Crippen LogP contribution in [0.25, 0.3) is 0 Å². The largest absolute Gasteiger partial charge is 0.397 e. The van der Waals surface area contributed by atoms with Gasteiger partial charge in [0.2, 0.25) is 0 Å². The second kappa shape index (κ2) is 2.85. The van der Waals surface area contributed by atoms with E-state index in [2.05, 4.69) is 11.7 Å². The van der Waals surface area contributed by atoms with Crippen molar-refractivity contribution in [3.05, 3.63) is 5.56 Å². The maximum Gasteiger partial charge on any atom is 0.111 e. The average Bonchev–Trinajstić information content (AvgIpc) is 2.13. The molecule has 0 saturated heterocycles.